The third-order valence-electron chi connectivity index (χ3n) is 4.58. The number of aryl methyl sites for hydroxylation is 1. The molecule has 0 aliphatic rings. The Balaban J connectivity index is 1.61. The van der Waals surface area contributed by atoms with Gasteiger partial charge in [-0.2, -0.15) is 0 Å². The van der Waals surface area contributed by atoms with Crippen molar-refractivity contribution in [1.29, 1.82) is 0 Å². The van der Waals surface area contributed by atoms with Crippen molar-refractivity contribution in [2.24, 2.45) is 0 Å². The lowest BCUT2D eigenvalue weighted by atomic mass is 10.1. The first-order valence-corrected chi connectivity index (χ1v) is 11.2. The maximum Gasteiger partial charge on any atom is 0.261 e. The molecule has 5 nitrogen and oxygen atoms in total. The largest absolute Gasteiger partial charge is 0.295 e. The lowest BCUT2D eigenvalue weighted by Crippen LogP contribution is -2.14. The molecule has 0 aliphatic carbocycles. The highest BCUT2D eigenvalue weighted by molar-refractivity contribution is 7.92. The van der Waals surface area contributed by atoms with Gasteiger partial charge in [-0.15, -0.1) is 11.3 Å². The minimum Gasteiger partial charge on any atom is -0.295 e. The lowest BCUT2D eigenvalue weighted by molar-refractivity contribution is 0.101. The predicted octanol–water partition coefficient (Wildman–Crippen LogP) is 5.28. The summed E-state index contributed by atoms with van der Waals surface area (Å²) in [4.78, 5) is 16.1. The number of nitrogens with zero attached hydrogens (tertiary/aromatic N) is 1. The lowest BCUT2D eigenvalue weighted by Gasteiger charge is -2.12. The molecule has 4 rings (SSSR count). The summed E-state index contributed by atoms with van der Waals surface area (Å²) in [5, 5.41) is 0.892. The Morgan fingerprint density at radius 3 is 2.38 bits per heavy atom. The number of fused-ring (bicyclic) bond motifs is 1. The van der Waals surface area contributed by atoms with Gasteiger partial charge in [-0.05, 0) is 61.9 Å². The molecular formula is C22H18N2O3S2. The van der Waals surface area contributed by atoms with Gasteiger partial charge in [0.2, 0.25) is 0 Å². The van der Waals surface area contributed by atoms with Crippen molar-refractivity contribution in [2.75, 3.05) is 4.72 Å². The number of carbonyl (C=O) groups excluding carboxylic acids is 1. The van der Waals surface area contributed by atoms with Crippen LogP contribution in [-0.2, 0) is 10.0 Å². The molecule has 1 heterocycles. The second-order valence-electron chi connectivity index (χ2n) is 6.70. The van der Waals surface area contributed by atoms with E-state index < -0.39 is 10.0 Å². The van der Waals surface area contributed by atoms with Crippen LogP contribution in [0.15, 0.2) is 71.6 Å². The number of nitrogens with one attached hydrogen (secondary N) is 1. The minimum absolute atomic E-state index is 0.108. The van der Waals surface area contributed by atoms with Gasteiger partial charge in [-0.3, -0.25) is 9.52 Å². The fourth-order valence-electron chi connectivity index (χ4n) is 2.98. The number of para-hydroxylation sites is 1. The third-order valence-corrected chi connectivity index (χ3v) is 7.05. The van der Waals surface area contributed by atoms with Crippen LogP contribution in [0.1, 0.15) is 22.8 Å². The van der Waals surface area contributed by atoms with Crippen LogP contribution in [0.25, 0.3) is 20.8 Å². The number of anilines is 1. The van der Waals surface area contributed by atoms with Crippen molar-refractivity contribution in [3.8, 4) is 10.6 Å². The zero-order chi connectivity index (χ0) is 20.6. The van der Waals surface area contributed by atoms with Crippen molar-refractivity contribution >= 4 is 43.0 Å². The zero-order valence-electron chi connectivity index (χ0n) is 15.8. The number of benzene rings is 3. The van der Waals surface area contributed by atoms with Gasteiger partial charge in [0.25, 0.3) is 10.0 Å². The van der Waals surface area contributed by atoms with E-state index in [1.165, 1.54) is 31.2 Å². The van der Waals surface area contributed by atoms with E-state index in [4.69, 9.17) is 0 Å². The Hall–Kier alpha value is -3.03. The number of thiazole rings is 1. The molecule has 0 amide bonds. The van der Waals surface area contributed by atoms with Gasteiger partial charge >= 0.3 is 0 Å². The quantitative estimate of drug-likeness (QED) is 0.444. The predicted molar refractivity (Wildman–Crippen MR) is 117 cm³/mol. The highest BCUT2D eigenvalue weighted by Crippen LogP contribution is 2.32. The number of ketones is 1. The van der Waals surface area contributed by atoms with Crippen molar-refractivity contribution < 1.29 is 13.2 Å². The molecule has 1 N–H and O–H groups in total. The number of Topliss-reactive ketones (excluding diaryl/α,β-unsaturated/α-hetero) is 1. The molecule has 29 heavy (non-hydrogen) atoms. The monoisotopic (exact) mass is 422 g/mol. The summed E-state index contributed by atoms with van der Waals surface area (Å²) in [6.07, 6.45) is 0. The molecule has 0 spiro atoms. The van der Waals surface area contributed by atoms with E-state index in [-0.39, 0.29) is 10.7 Å². The summed E-state index contributed by atoms with van der Waals surface area (Å²) < 4.78 is 29.1. The second kappa shape index (κ2) is 7.42. The topological polar surface area (TPSA) is 76.1 Å². The molecule has 0 bridgehead atoms. The fraction of sp³-hybridized carbons (Fsp3) is 0.0909. The minimum atomic E-state index is -3.75. The third kappa shape index (κ3) is 3.92. The first-order valence-electron chi connectivity index (χ1n) is 8.94. The number of sulfonamides is 1. The van der Waals surface area contributed by atoms with Crippen LogP contribution in [0, 0.1) is 6.92 Å². The molecule has 4 aromatic rings. The van der Waals surface area contributed by atoms with Crippen LogP contribution in [0.2, 0.25) is 0 Å². The first kappa shape index (κ1) is 19.3. The van der Waals surface area contributed by atoms with Crippen molar-refractivity contribution in [2.45, 2.75) is 18.7 Å². The van der Waals surface area contributed by atoms with E-state index in [0.29, 0.717) is 11.3 Å². The van der Waals surface area contributed by atoms with E-state index in [9.17, 15) is 13.2 Å². The fourth-order valence-corrected chi connectivity index (χ4v) is 5.07. The summed E-state index contributed by atoms with van der Waals surface area (Å²) in [5.74, 6) is -0.108. The first-order chi connectivity index (χ1) is 13.8. The van der Waals surface area contributed by atoms with Crippen LogP contribution < -0.4 is 4.72 Å². The molecular weight excluding hydrogens is 404 g/mol. The summed E-state index contributed by atoms with van der Waals surface area (Å²) in [6, 6.07) is 19.4. The summed E-state index contributed by atoms with van der Waals surface area (Å²) >= 11 is 1.60. The maximum absolute atomic E-state index is 12.7. The van der Waals surface area contributed by atoms with E-state index in [0.717, 1.165) is 26.4 Å². The summed E-state index contributed by atoms with van der Waals surface area (Å²) in [7, 11) is -3.75. The molecule has 1 aromatic heterocycles. The van der Waals surface area contributed by atoms with Gasteiger partial charge in [0, 0.05) is 11.1 Å². The number of hydrogen-bond donors (Lipinski definition) is 1. The average molecular weight is 423 g/mol. The Morgan fingerprint density at radius 1 is 1.00 bits per heavy atom. The van der Waals surface area contributed by atoms with E-state index in [1.807, 2.05) is 43.3 Å². The molecule has 7 heteroatoms. The number of hydrogen-bond acceptors (Lipinski definition) is 5. The molecule has 0 unspecified atom stereocenters. The van der Waals surface area contributed by atoms with E-state index in [1.54, 1.807) is 17.4 Å². The van der Waals surface area contributed by atoms with Crippen molar-refractivity contribution in [3.63, 3.8) is 0 Å². The van der Waals surface area contributed by atoms with Crippen LogP contribution >= 0.6 is 11.3 Å². The molecule has 146 valence electrons. The van der Waals surface area contributed by atoms with Crippen LogP contribution in [0.5, 0.6) is 0 Å². The number of rotatable bonds is 5. The van der Waals surface area contributed by atoms with Gasteiger partial charge in [0.15, 0.2) is 5.78 Å². The maximum atomic E-state index is 12.7. The SMILES string of the molecule is CC(=O)c1ccc(S(=O)(=O)Nc2ccc(-c3nc4ccccc4s3)cc2C)cc1. The Kier molecular flexibility index (Phi) is 4.94. The Morgan fingerprint density at radius 2 is 1.72 bits per heavy atom. The van der Waals surface area contributed by atoms with Gasteiger partial charge < -0.3 is 0 Å². The molecule has 0 saturated heterocycles. The number of aromatic nitrogens is 1. The van der Waals surface area contributed by atoms with Gasteiger partial charge in [0.05, 0.1) is 20.8 Å². The summed E-state index contributed by atoms with van der Waals surface area (Å²) in [5.41, 5.74) is 3.66. The van der Waals surface area contributed by atoms with E-state index >= 15 is 0 Å². The smallest absolute Gasteiger partial charge is 0.261 e. The standard InChI is InChI=1S/C22H18N2O3S2/c1-14-13-17(22-23-20-5-3-4-6-21(20)28-22)9-12-19(14)24-29(26,27)18-10-7-16(8-11-18)15(2)25/h3-13,24H,1-2H3. The van der Waals surface area contributed by atoms with Crippen LogP contribution in [0.4, 0.5) is 5.69 Å². The molecule has 0 radical (unpaired) electrons. The van der Waals surface area contributed by atoms with Gasteiger partial charge in [-0.25, -0.2) is 13.4 Å². The zero-order valence-corrected chi connectivity index (χ0v) is 17.5. The van der Waals surface area contributed by atoms with Gasteiger partial charge in [0.1, 0.15) is 5.01 Å². The molecule has 3 aromatic carbocycles. The molecule has 0 aliphatic heterocycles. The normalized spacial score (nSPS) is 11.5. The van der Waals surface area contributed by atoms with Crippen molar-refractivity contribution in [1.82, 2.24) is 4.98 Å². The van der Waals surface area contributed by atoms with Gasteiger partial charge in [-0.1, -0.05) is 24.3 Å². The highest BCUT2D eigenvalue weighted by Gasteiger charge is 2.16. The Labute approximate surface area is 173 Å². The molecule has 0 atom stereocenters. The summed E-state index contributed by atoms with van der Waals surface area (Å²) in [6.45, 7) is 3.30. The number of carbonyl (C=O) groups is 1. The Bertz CT molecular complexity index is 1290. The average Bonchev–Trinajstić information content (AvgIpc) is 3.14. The van der Waals surface area contributed by atoms with Crippen LogP contribution in [-0.4, -0.2) is 19.2 Å². The molecule has 0 fully saturated rings. The van der Waals surface area contributed by atoms with Crippen LogP contribution in [0.3, 0.4) is 0 Å². The highest BCUT2D eigenvalue weighted by atomic mass is 32.2. The molecule has 0 saturated carbocycles. The van der Waals surface area contributed by atoms with Crippen molar-refractivity contribution in [3.05, 3.63) is 77.9 Å². The second-order valence-corrected chi connectivity index (χ2v) is 9.42. The van der Waals surface area contributed by atoms with E-state index in [2.05, 4.69) is 9.71 Å².